The second kappa shape index (κ2) is 8.89. The molecule has 1 N–H and O–H groups in total. The van der Waals surface area contributed by atoms with Crippen molar-refractivity contribution >= 4 is 29.1 Å². The topological polar surface area (TPSA) is 113 Å². The van der Waals surface area contributed by atoms with Crippen LogP contribution in [0.2, 0.25) is 0 Å². The zero-order valence-electron chi connectivity index (χ0n) is 18.8. The zero-order valence-corrected chi connectivity index (χ0v) is 18.8. The summed E-state index contributed by atoms with van der Waals surface area (Å²) in [6.07, 6.45) is 0. The third-order valence-electron chi connectivity index (χ3n) is 5.65. The summed E-state index contributed by atoms with van der Waals surface area (Å²) in [5, 5.41) is 11.9. The molecule has 2 aromatic rings. The third-order valence-corrected chi connectivity index (χ3v) is 5.65. The molecule has 0 bridgehead atoms. The first-order valence-electron chi connectivity index (χ1n) is 10.5. The van der Waals surface area contributed by atoms with Gasteiger partial charge in [-0.25, -0.2) is 4.90 Å². The number of methoxy groups -OCH3 is 2. The Morgan fingerprint density at radius 3 is 2.36 bits per heavy atom. The summed E-state index contributed by atoms with van der Waals surface area (Å²) in [6.45, 7) is 3.97. The number of benzene rings is 2. The van der Waals surface area contributed by atoms with Gasteiger partial charge in [-0.1, -0.05) is 31.2 Å². The molecule has 2 heterocycles. The van der Waals surface area contributed by atoms with Crippen molar-refractivity contribution in [3.63, 3.8) is 0 Å². The van der Waals surface area contributed by atoms with E-state index >= 15 is 0 Å². The predicted octanol–water partition coefficient (Wildman–Crippen LogP) is 2.76. The Bertz CT molecular complexity index is 1110. The lowest BCUT2D eigenvalue weighted by molar-refractivity contribution is -0.123. The molecule has 2 aliphatic heterocycles. The molecule has 0 unspecified atom stereocenters. The molecule has 0 aliphatic carbocycles. The van der Waals surface area contributed by atoms with Crippen molar-refractivity contribution < 1.29 is 23.9 Å². The molecule has 0 aromatic heterocycles. The molecule has 2 aliphatic rings. The van der Waals surface area contributed by atoms with Crippen molar-refractivity contribution in [3.05, 3.63) is 48.0 Å². The SMILES string of the molecule is COc1ccc(N2C(=O)[C@@H]3[C@@H](N=NN3CC(=O)Nc3ccc(C(C)C)cc3)C2=O)cc1OC. The van der Waals surface area contributed by atoms with Gasteiger partial charge in [-0.2, -0.15) is 5.11 Å². The Hall–Kier alpha value is -3.95. The Morgan fingerprint density at radius 2 is 1.73 bits per heavy atom. The Morgan fingerprint density at radius 1 is 1.03 bits per heavy atom. The van der Waals surface area contributed by atoms with E-state index in [2.05, 4.69) is 29.5 Å². The minimum absolute atomic E-state index is 0.213. The van der Waals surface area contributed by atoms with Crippen LogP contribution in [-0.4, -0.2) is 55.6 Å². The van der Waals surface area contributed by atoms with Crippen LogP contribution in [-0.2, 0) is 14.4 Å². The van der Waals surface area contributed by atoms with E-state index in [1.807, 2.05) is 24.3 Å². The number of carbonyl (C=O) groups is 3. The first-order valence-corrected chi connectivity index (χ1v) is 10.5. The van der Waals surface area contributed by atoms with E-state index in [0.717, 1.165) is 10.5 Å². The number of hydrogen-bond donors (Lipinski definition) is 1. The van der Waals surface area contributed by atoms with Gasteiger partial charge in [0.1, 0.15) is 6.54 Å². The average Bonchev–Trinajstić information content (AvgIpc) is 3.32. The summed E-state index contributed by atoms with van der Waals surface area (Å²) in [4.78, 5) is 39.7. The van der Waals surface area contributed by atoms with E-state index in [4.69, 9.17) is 9.47 Å². The lowest BCUT2D eigenvalue weighted by Crippen LogP contribution is -2.43. The molecule has 4 rings (SSSR count). The maximum Gasteiger partial charge on any atom is 0.263 e. The van der Waals surface area contributed by atoms with Gasteiger partial charge >= 0.3 is 0 Å². The summed E-state index contributed by atoms with van der Waals surface area (Å²) in [5.74, 6) is -0.133. The number of rotatable bonds is 7. The Balaban J connectivity index is 1.47. The van der Waals surface area contributed by atoms with Gasteiger partial charge in [0, 0.05) is 11.8 Å². The summed E-state index contributed by atoms with van der Waals surface area (Å²) >= 11 is 0. The third kappa shape index (κ3) is 4.11. The largest absolute Gasteiger partial charge is 0.493 e. The average molecular weight is 451 g/mol. The van der Waals surface area contributed by atoms with Crippen LogP contribution < -0.4 is 19.7 Å². The monoisotopic (exact) mass is 451 g/mol. The van der Waals surface area contributed by atoms with E-state index in [9.17, 15) is 14.4 Å². The molecule has 2 atom stereocenters. The fourth-order valence-corrected chi connectivity index (χ4v) is 3.87. The molecule has 1 fully saturated rings. The number of ether oxygens (including phenoxy) is 2. The molecule has 10 heteroatoms. The van der Waals surface area contributed by atoms with Crippen molar-refractivity contribution in [1.29, 1.82) is 0 Å². The van der Waals surface area contributed by atoms with Gasteiger partial charge in [-0.15, -0.1) is 0 Å². The van der Waals surface area contributed by atoms with Crippen molar-refractivity contribution in [3.8, 4) is 11.5 Å². The number of nitrogens with zero attached hydrogens (tertiary/aromatic N) is 4. The van der Waals surface area contributed by atoms with Crippen LogP contribution in [0.5, 0.6) is 11.5 Å². The number of nitrogens with one attached hydrogen (secondary N) is 1. The van der Waals surface area contributed by atoms with Crippen LogP contribution in [0.25, 0.3) is 0 Å². The van der Waals surface area contributed by atoms with Gasteiger partial charge in [-0.3, -0.25) is 19.4 Å². The molecule has 0 spiro atoms. The number of anilines is 2. The quantitative estimate of drug-likeness (QED) is 0.648. The first kappa shape index (κ1) is 22.3. The molecular formula is C23H25N5O5. The summed E-state index contributed by atoms with van der Waals surface area (Å²) < 4.78 is 10.5. The molecule has 2 aromatic carbocycles. The smallest absolute Gasteiger partial charge is 0.263 e. The molecular weight excluding hydrogens is 426 g/mol. The zero-order chi connectivity index (χ0) is 23.7. The second-order valence-electron chi connectivity index (χ2n) is 8.07. The second-order valence-corrected chi connectivity index (χ2v) is 8.07. The molecule has 172 valence electrons. The highest BCUT2D eigenvalue weighted by Crippen LogP contribution is 2.36. The van der Waals surface area contributed by atoms with Crippen LogP contribution in [0, 0.1) is 0 Å². The van der Waals surface area contributed by atoms with Crippen molar-refractivity contribution in [2.45, 2.75) is 31.8 Å². The standard InChI is InChI=1S/C23H25N5O5/c1-13(2)14-5-7-15(8-6-14)24-19(29)12-27-21-20(25-26-27)22(30)28(23(21)31)16-9-10-17(32-3)18(11-16)33-4/h5-11,13,20-21H,12H2,1-4H3,(H,24,29)/t20-,21+/m1/s1. The van der Waals surface area contributed by atoms with Crippen LogP contribution in [0.4, 0.5) is 11.4 Å². The molecule has 0 saturated carbocycles. The van der Waals surface area contributed by atoms with Crippen LogP contribution in [0.1, 0.15) is 25.3 Å². The number of hydrogen-bond acceptors (Lipinski definition) is 8. The van der Waals surface area contributed by atoms with Crippen molar-refractivity contribution in [2.75, 3.05) is 31.0 Å². The fourth-order valence-electron chi connectivity index (χ4n) is 3.87. The lowest BCUT2D eigenvalue weighted by Gasteiger charge is -2.20. The van der Waals surface area contributed by atoms with E-state index in [-0.39, 0.29) is 12.5 Å². The van der Waals surface area contributed by atoms with Crippen LogP contribution in [0.3, 0.4) is 0 Å². The highest BCUT2D eigenvalue weighted by Gasteiger charge is 2.55. The molecule has 0 radical (unpaired) electrons. The van der Waals surface area contributed by atoms with Crippen molar-refractivity contribution in [2.24, 2.45) is 10.3 Å². The van der Waals surface area contributed by atoms with E-state index in [1.54, 1.807) is 18.2 Å². The maximum absolute atomic E-state index is 13.1. The number of imide groups is 1. The molecule has 1 saturated heterocycles. The van der Waals surface area contributed by atoms with Crippen LogP contribution >= 0.6 is 0 Å². The number of amides is 3. The highest BCUT2D eigenvalue weighted by molar-refractivity contribution is 6.25. The molecule has 3 amide bonds. The maximum atomic E-state index is 13.1. The van der Waals surface area contributed by atoms with Gasteiger partial charge < -0.3 is 14.8 Å². The normalized spacial score (nSPS) is 19.3. The summed E-state index contributed by atoms with van der Waals surface area (Å²) in [6, 6.07) is 10.3. The van der Waals surface area contributed by atoms with Gasteiger partial charge in [-0.05, 0) is 35.7 Å². The van der Waals surface area contributed by atoms with Gasteiger partial charge in [0.15, 0.2) is 23.6 Å². The Labute approximate surface area is 191 Å². The number of fused-ring (bicyclic) bond motifs is 1. The minimum atomic E-state index is -0.997. The first-order chi connectivity index (χ1) is 15.8. The van der Waals surface area contributed by atoms with E-state index < -0.39 is 23.9 Å². The predicted molar refractivity (Wildman–Crippen MR) is 120 cm³/mol. The summed E-state index contributed by atoms with van der Waals surface area (Å²) in [5.41, 5.74) is 2.13. The van der Waals surface area contributed by atoms with Gasteiger partial charge in [0.25, 0.3) is 11.8 Å². The van der Waals surface area contributed by atoms with E-state index in [0.29, 0.717) is 28.8 Å². The highest BCUT2D eigenvalue weighted by atomic mass is 16.5. The Kier molecular flexibility index (Phi) is 5.99. The number of carbonyl (C=O) groups excluding carboxylic acids is 3. The van der Waals surface area contributed by atoms with Gasteiger partial charge in [0.2, 0.25) is 5.91 Å². The van der Waals surface area contributed by atoms with Crippen molar-refractivity contribution in [1.82, 2.24) is 5.01 Å². The van der Waals surface area contributed by atoms with Gasteiger partial charge in [0.05, 0.1) is 19.9 Å². The van der Waals surface area contributed by atoms with E-state index in [1.165, 1.54) is 19.2 Å². The molecule has 10 nitrogen and oxygen atoms in total. The van der Waals surface area contributed by atoms with Crippen LogP contribution in [0.15, 0.2) is 52.8 Å². The summed E-state index contributed by atoms with van der Waals surface area (Å²) in [7, 11) is 2.96. The fraction of sp³-hybridized carbons (Fsp3) is 0.348. The molecule has 33 heavy (non-hydrogen) atoms. The minimum Gasteiger partial charge on any atom is -0.493 e. The lowest BCUT2D eigenvalue weighted by atomic mass is 10.0.